The van der Waals surface area contributed by atoms with Crippen LogP contribution in [-0.2, 0) is 0 Å². The molecule has 1 heteroatoms. The van der Waals surface area contributed by atoms with Crippen LogP contribution in [0.2, 0.25) is 0 Å². The van der Waals surface area contributed by atoms with Crippen molar-refractivity contribution in [3.63, 3.8) is 0 Å². The molecule has 16 heavy (non-hydrogen) atoms. The Balaban J connectivity index is 2.01. The third-order valence-electron chi connectivity index (χ3n) is 4.36. The average molecular weight is 221 g/mol. The Hall–Kier alpha value is -0.300. The molecule has 0 amide bonds. The third kappa shape index (κ3) is 2.88. The van der Waals surface area contributed by atoms with Gasteiger partial charge in [-0.05, 0) is 56.9 Å². The van der Waals surface area contributed by atoms with Gasteiger partial charge in [-0.25, -0.2) is 0 Å². The largest absolute Gasteiger partial charge is 0.310 e. The molecule has 2 rings (SSSR count). The van der Waals surface area contributed by atoms with Gasteiger partial charge in [0.05, 0.1) is 0 Å². The van der Waals surface area contributed by atoms with E-state index in [1.54, 1.807) is 5.57 Å². The van der Waals surface area contributed by atoms with Gasteiger partial charge in [-0.2, -0.15) is 0 Å². The van der Waals surface area contributed by atoms with Crippen molar-refractivity contribution in [1.29, 1.82) is 0 Å². The molecule has 0 radical (unpaired) electrons. The Morgan fingerprint density at radius 1 is 1.38 bits per heavy atom. The summed E-state index contributed by atoms with van der Waals surface area (Å²) in [7, 11) is 0. The second kappa shape index (κ2) is 5.86. The van der Waals surface area contributed by atoms with Gasteiger partial charge in [-0.3, -0.25) is 0 Å². The van der Waals surface area contributed by atoms with Crippen LogP contribution in [0.3, 0.4) is 0 Å². The highest BCUT2D eigenvalue weighted by Crippen LogP contribution is 2.36. The summed E-state index contributed by atoms with van der Waals surface area (Å²) in [6.45, 7) is 5.78. The van der Waals surface area contributed by atoms with Crippen molar-refractivity contribution in [3.8, 4) is 0 Å². The molecule has 1 N–H and O–H groups in total. The number of hydrogen-bond donors (Lipinski definition) is 1. The summed E-state index contributed by atoms with van der Waals surface area (Å²) in [5, 5.41) is 3.75. The molecule has 1 nitrogen and oxygen atoms in total. The fraction of sp³-hybridized carbons (Fsp3) is 0.867. The maximum atomic E-state index is 3.75. The molecule has 0 aromatic heterocycles. The fourth-order valence-electron chi connectivity index (χ4n) is 3.52. The standard InChI is InChI=1S/C15H27N/c1-3-16-15(13-7-5-4-6-8-13)14-10-9-12(2)11-14/h7,12,14-16H,3-6,8-11H2,1-2H3. The highest BCUT2D eigenvalue weighted by Gasteiger charge is 2.30. The summed E-state index contributed by atoms with van der Waals surface area (Å²) in [4.78, 5) is 0. The molecule has 0 aromatic rings. The molecule has 3 atom stereocenters. The first-order chi connectivity index (χ1) is 7.81. The van der Waals surface area contributed by atoms with E-state index in [9.17, 15) is 0 Å². The first-order valence-electron chi connectivity index (χ1n) is 7.23. The van der Waals surface area contributed by atoms with E-state index in [4.69, 9.17) is 0 Å². The van der Waals surface area contributed by atoms with Crippen LogP contribution in [0.15, 0.2) is 11.6 Å². The first kappa shape index (κ1) is 12.2. The van der Waals surface area contributed by atoms with E-state index < -0.39 is 0 Å². The third-order valence-corrected chi connectivity index (χ3v) is 4.36. The predicted octanol–water partition coefficient (Wildman–Crippen LogP) is 3.90. The lowest BCUT2D eigenvalue weighted by atomic mass is 9.85. The Morgan fingerprint density at radius 3 is 2.81 bits per heavy atom. The number of likely N-dealkylation sites (N-methyl/N-ethyl adjacent to an activating group) is 1. The maximum Gasteiger partial charge on any atom is 0.0307 e. The van der Waals surface area contributed by atoms with Crippen molar-refractivity contribution in [2.45, 2.75) is 64.8 Å². The highest BCUT2D eigenvalue weighted by atomic mass is 14.9. The van der Waals surface area contributed by atoms with Gasteiger partial charge in [0.1, 0.15) is 0 Å². The lowest BCUT2D eigenvalue weighted by molar-refractivity contribution is 0.381. The molecule has 3 unspecified atom stereocenters. The van der Waals surface area contributed by atoms with E-state index in [0.717, 1.165) is 18.4 Å². The van der Waals surface area contributed by atoms with Crippen molar-refractivity contribution in [1.82, 2.24) is 5.32 Å². The van der Waals surface area contributed by atoms with Crippen LogP contribution in [0.5, 0.6) is 0 Å². The number of nitrogens with one attached hydrogen (secondary N) is 1. The summed E-state index contributed by atoms with van der Waals surface area (Å²) < 4.78 is 0. The van der Waals surface area contributed by atoms with Crippen molar-refractivity contribution in [3.05, 3.63) is 11.6 Å². The van der Waals surface area contributed by atoms with Gasteiger partial charge < -0.3 is 5.32 Å². The zero-order chi connectivity index (χ0) is 11.4. The van der Waals surface area contributed by atoms with E-state index in [2.05, 4.69) is 25.2 Å². The second-order valence-electron chi connectivity index (χ2n) is 5.74. The monoisotopic (exact) mass is 221 g/mol. The Morgan fingerprint density at radius 2 is 2.25 bits per heavy atom. The van der Waals surface area contributed by atoms with E-state index in [1.807, 2.05) is 0 Å². The van der Waals surface area contributed by atoms with Gasteiger partial charge in [-0.1, -0.05) is 31.9 Å². The van der Waals surface area contributed by atoms with Crippen LogP contribution in [0.4, 0.5) is 0 Å². The van der Waals surface area contributed by atoms with Crippen LogP contribution >= 0.6 is 0 Å². The van der Waals surface area contributed by atoms with Crippen molar-refractivity contribution in [2.24, 2.45) is 11.8 Å². The van der Waals surface area contributed by atoms with Gasteiger partial charge in [0.25, 0.3) is 0 Å². The van der Waals surface area contributed by atoms with Gasteiger partial charge >= 0.3 is 0 Å². The molecule has 0 bridgehead atoms. The minimum absolute atomic E-state index is 0.704. The molecule has 0 spiro atoms. The Labute approximate surface area is 101 Å². The zero-order valence-electron chi connectivity index (χ0n) is 11.0. The van der Waals surface area contributed by atoms with Crippen LogP contribution in [0.1, 0.15) is 58.8 Å². The minimum atomic E-state index is 0.704. The molecule has 0 aromatic carbocycles. The molecular formula is C15H27N. The molecule has 1 saturated carbocycles. The lowest BCUT2D eigenvalue weighted by Gasteiger charge is -2.29. The molecule has 2 aliphatic carbocycles. The van der Waals surface area contributed by atoms with Gasteiger partial charge in [0, 0.05) is 6.04 Å². The molecule has 92 valence electrons. The molecular weight excluding hydrogens is 194 g/mol. The minimum Gasteiger partial charge on any atom is -0.310 e. The van der Waals surface area contributed by atoms with Gasteiger partial charge in [-0.15, -0.1) is 0 Å². The van der Waals surface area contributed by atoms with Crippen molar-refractivity contribution < 1.29 is 0 Å². The molecule has 2 aliphatic rings. The topological polar surface area (TPSA) is 12.0 Å². The van der Waals surface area contributed by atoms with Gasteiger partial charge in [0.2, 0.25) is 0 Å². The van der Waals surface area contributed by atoms with Gasteiger partial charge in [0.15, 0.2) is 0 Å². The molecule has 0 saturated heterocycles. The second-order valence-corrected chi connectivity index (χ2v) is 5.74. The zero-order valence-corrected chi connectivity index (χ0v) is 11.0. The quantitative estimate of drug-likeness (QED) is 0.710. The van der Waals surface area contributed by atoms with Crippen LogP contribution in [0.25, 0.3) is 0 Å². The average Bonchev–Trinajstić information content (AvgIpc) is 2.74. The van der Waals surface area contributed by atoms with Crippen LogP contribution < -0.4 is 5.32 Å². The Kier molecular flexibility index (Phi) is 4.45. The van der Waals surface area contributed by atoms with E-state index in [-0.39, 0.29) is 0 Å². The normalized spacial score (nSPS) is 32.5. The fourth-order valence-corrected chi connectivity index (χ4v) is 3.52. The summed E-state index contributed by atoms with van der Waals surface area (Å²) in [6.07, 6.45) is 12.3. The van der Waals surface area contributed by atoms with E-state index in [0.29, 0.717) is 6.04 Å². The molecule has 0 heterocycles. The van der Waals surface area contributed by atoms with Crippen LogP contribution in [-0.4, -0.2) is 12.6 Å². The lowest BCUT2D eigenvalue weighted by Crippen LogP contribution is -2.37. The Bertz CT molecular complexity index is 244. The number of hydrogen-bond acceptors (Lipinski definition) is 1. The molecule has 0 aliphatic heterocycles. The SMILES string of the molecule is CCNC(C1=CCCCC1)C1CCC(C)C1. The van der Waals surface area contributed by atoms with Crippen molar-refractivity contribution in [2.75, 3.05) is 6.54 Å². The first-order valence-corrected chi connectivity index (χ1v) is 7.23. The van der Waals surface area contributed by atoms with Crippen molar-refractivity contribution >= 4 is 0 Å². The summed E-state index contributed by atoms with van der Waals surface area (Å²) in [6, 6.07) is 0.704. The summed E-state index contributed by atoms with van der Waals surface area (Å²) >= 11 is 0. The summed E-state index contributed by atoms with van der Waals surface area (Å²) in [5.41, 5.74) is 1.73. The van der Waals surface area contributed by atoms with Crippen LogP contribution in [0, 0.1) is 11.8 Å². The number of rotatable bonds is 4. The maximum absolute atomic E-state index is 3.75. The van der Waals surface area contributed by atoms with E-state index in [1.165, 1.54) is 44.9 Å². The van der Waals surface area contributed by atoms with E-state index >= 15 is 0 Å². The number of allylic oxidation sites excluding steroid dienone is 1. The highest BCUT2D eigenvalue weighted by molar-refractivity contribution is 5.15. The predicted molar refractivity (Wildman–Crippen MR) is 70.5 cm³/mol. The smallest absolute Gasteiger partial charge is 0.0307 e. The summed E-state index contributed by atoms with van der Waals surface area (Å²) in [5.74, 6) is 1.87. The molecule has 1 fully saturated rings.